The van der Waals surface area contributed by atoms with Crippen LogP contribution in [0.25, 0.3) is 0 Å². The lowest BCUT2D eigenvalue weighted by Crippen LogP contribution is -2.40. The van der Waals surface area contributed by atoms with Crippen molar-refractivity contribution in [2.45, 2.75) is 25.9 Å². The van der Waals surface area contributed by atoms with Crippen LogP contribution < -0.4 is 5.32 Å². The zero-order chi connectivity index (χ0) is 12.2. The third kappa shape index (κ3) is 3.79. The van der Waals surface area contributed by atoms with Crippen LogP contribution in [0.15, 0.2) is 18.3 Å². The number of halogens is 1. The van der Waals surface area contributed by atoms with E-state index in [4.69, 9.17) is 11.6 Å². The van der Waals surface area contributed by atoms with Crippen LogP contribution in [0.1, 0.15) is 30.6 Å². The van der Waals surface area contributed by atoms with Crippen molar-refractivity contribution in [2.24, 2.45) is 0 Å². The monoisotopic (exact) mass is 242 g/mol. The molecule has 88 valence electrons. The average Bonchev–Trinajstić information content (AvgIpc) is 2.27. The maximum atomic E-state index is 11.6. The highest BCUT2D eigenvalue weighted by Gasteiger charge is 2.18. The van der Waals surface area contributed by atoms with E-state index in [2.05, 4.69) is 10.3 Å². The number of aromatic nitrogens is 1. The number of carbonyl (C=O) groups is 1. The standard InChI is InChI=1S/C11H15ClN2O2/c1-3-11(2,16)7-14-10(15)8-4-5-9(12)13-6-8/h4-6,16H,3,7H2,1-2H3,(H,14,15). The Hall–Kier alpha value is -1.13. The Labute approximate surface area is 99.6 Å². The van der Waals surface area contributed by atoms with Gasteiger partial charge in [0.05, 0.1) is 11.2 Å². The number of hydrogen-bond acceptors (Lipinski definition) is 3. The minimum absolute atomic E-state index is 0.213. The molecule has 1 unspecified atom stereocenters. The zero-order valence-corrected chi connectivity index (χ0v) is 10.1. The van der Waals surface area contributed by atoms with Crippen LogP contribution in [0.5, 0.6) is 0 Å². The van der Waals surface area contributed by atoms with E-state index in [1.165, 1.54) is 6.20 Å². The molecular formula is C11H15ClN2O2. The molecule has 0 aliphatic rings. The van der Waals surface area contributed by atoms with E-state index in [1.54, 1.807) is 19.1 Å². The van der Waals surface area contributed by atoms with Gasteiger partial charge in [-0.05, 0) is 25.5 Å². The number of rotatable bonds is 4. The first kappa shape index (κ1) is 12.9. The van der Waals surface area contributed by atoms with Crippen molar-refractivity contribution >= 4 is 17.5 Å². The molecule has 0 saturated heterocycles. The Morgan fingerprint density at radius 2 is 2.31 bits per heavy atom. The second kappa shape index (κ2) is 5.27. The van der Waals surface area contributed by atoms with Crippen LogP contribution in [0.3, 0.4) is 0 Å². The summed E-state index contributed by atoms with van der Waals surface area (Å²) in [6.07, 6.45) is 1.98. The molecule has 1 aromatic heterocycles. The van der Waals surface area contributed by atoms with Gasteiger partial charge in [0.25, 0.3) is 5.91 Å². The lowest BCUT2D eigenvalue weighted by molar-refractivity contribution is 0.0518. The number of aliphatic hydroxyl groups is 1. The van der Waals surface area contributed by atoms with Crippen LogP contribution in [0, 0.1) is 0 Å². The Kier molecular flexibility index (Phi) is 4.26. The van der Waals surface area contributed by atoms with Gasteiger partial charge in [-0.15, -0.1) is 0 Å². The van der Waals surface area contributed by atoms with Gasteiger partial charge in [0.2, 0.25) is 0 Å². The Bertz CT molecular complexity index is 363. The van der Waals surface area contributed by atoms with Gasteiger partial charge in [0.15, 0.2) is 0 Å². The number of amides is 1. The molecule has 1 heterocycles. The van der Waals surface area contributed by atoms with Gasteiger partial charge < -0.3 is 10.4 Å². The molecule has 0 fully saturated rings. The fourth-order valence-electron chi connectivity index (χ4n) is 1.01. The summed E-state index contributed by atoms with van der Waals surface area (Å²) in [5.41, 5.74) is -0.452. The van der Waals surface area contributed by atoms with E-state index in [9.17, 15) is 9.90 Å². The van der Waals surface area contributed by atoms with Crippen molar-refractivity contribution in [1.82, 2.24) is 10.3 Å². The Morgan fingerprint density at radius 1 is 1.62 bits per heavy atom. The fourth-order valence-corrected chi connectivity index (χ4v) is 1.12. The quantitative estimate of drug-likeness (QED) is 0.789. The third-order valence-corrected chi connectivity index (χ3v) is 2.60. The highest BCUT2D eigenvalue weighted by Crippen LogP contribution is 2.08. The molecule has 16 heavy (non-hydrogen) atoms. The number of nitrogens with zero attached hydrogens (tertiary/aromatic N) is 1. The van der Waals surface area contributed by atoms with Gasteiger partial charge in [0, 0.05) is 12.7 Å². The molecule has 5 heteroatoms. The maximum Gasteiger partial charge on any atom is 0.252 e. The first-order valence-corrected chi connectivity index (χ1v) is 5.44. The molecule has 1 amide bonds. The lowest BCUT2D eigenvalue weighted by atomic mass is 10.0. The summed E-state index contributed by atoms with van der Waals surface area (Å²) in [5.74, 6) is -0.266. The third-order valence-electron chi connectivity index (χ3n) is 2.38. The van der Waals surface area contributed by atoms with Crippen LogP contribution in [-0.4, -0.2) is 28.1 Å². The first-order valence-electron chi connectivity index (χ1n) is 5.07. The van der Waals surface area contributed by atoms with Gasteiger partial charge in [0.1, 0.15) is 5.15 Å². The van der Waals surface area contributed by atoms with Crippen LogP contribution in [0.4, 0.5) is 0 Å². The topological polar surface area (TPSA) is 62.2 Å². The predicted octanol–water partition coefficient (Wildman–Crippen LogP) is 1.63. The SMILES string of the molecule is CCC(C)(O)CNC(=O)c1ccc(Cl)nc1. The second-order valence-corrected chi connectivity index (χ2v) is 4.29. The number of pyridine rings is 1. The molecule has 0 bridgehead atoms. The normalized spacial score (nSPS) is 14.2. The summed E-state index contributed by atoms with van der Waals surface area (Å²) in [6.45, 7) is 3.74. The molecule has 4 nitrogen and oxygen atoms in total. The van der Waals surface area contributed by atoms with E-state index < -0.39 is 5.60 Å². The van der Waals surface area contributed by atoms with Crippen molar-refractivity contribution in [2.75, 3.05) is 6.54 Å². The molecule has 0 radical (unpaired) electrons. The summed E-state index contributed by atoms with van der Waals surface area (Å²) >= 11 is 5.61. The minimum atomic E-state index is -0.879. The zero-order valence-electron chi connectivity index (χ0n) is 9.33. The highest BCUT2D eigenvalue weighted by atomic mass is 35.5. The molecule has 2 N–H and O–H groups in total. The molecule has 0 aliphatic carbocycles. The van der Waals surface area contributed by atoms with Crippen molar-refractivity contribution < 1.29 is 9.90 Å². The summed E-state index contributed by atoms with van der Waals surface area (Å²) in [5, 5.41) is 12.7. The second-order valence-electron chi connectivity index (χ2n) is 3.90. The van der Waals surface area contributed by atoms with E-state index in [0.29, 0.717) is 17.1 Å². The smallest absolute Gasteiger partial charge is 0.252 e. The summed E-state index contributed by atoms with van der Waals surface area (Å²) in [7, 11) is 0. The molecule has 0 aromatic carbocycles. The van der Waals surface area contributed by atoms with Crippen LogP contribution in [0.2, 0.25) is 5.15 Å². The summed E-state index contributed by atoms with van der Waals surface area (Å²) in [6, 6.07) is 3.14. The lowest BCUT2D eigenvalue weighted by Gasteiger charge is -2.21. The molecular weight excluding hydrogens is 228 g/mol. The van der Waals surface area contributed by atoms with E-state index >= 15 is 0 Å². The molecule has 0 aliphatic heterocycles. The van der Waals surface area contributed by atoms with Crippen LogP contribution in [-0.2, 0) is 0 Å². The molecule has 0 saturated carbocycles. The Morgan fingerprint density at radius 3 is 2.81 bits per heavy atom. The highest BCUT2D eigenvalue weighted by molar-refractivity contribution is 6.29. The number of nitrogens with one attached hydrogen (secondary N) is 1. The largest absolute Gasteiger partial charge is 0.388 e. The van der Waals surface area contributed by atoms with Crippen molar-refractivity contribution in [1.29, 1.82) is 0 Å². The van der Waals surface area contributed by atoms with E-state index in [-0.39, 0.29) is 12.5 Å². The number of hydrogen-bond donors (Lipinski definition) is 2. The van der Waals surface area contributed by atoms with E-state index in [1.807, 2.05) is 6.92 Å². The molecule has 0 spiro atoms. The average molecular weight is 243 g/mol. The summed E-state index contributed by atoms with van der Waals surface area (Å²) < 4.78 is 0. The molecule has 1 atom stereocenters. The molecule has 1 rings (SSSR count). The maximum absolute atomic E-state index is 11.6. The van der Waals surface area contributed by atoms with Crippen molar-refractivity contribution in [3.05, 3.63) is 29.0 Å². The van der Waals surface area contributed by atoms with Gasteiger partial charge in [-0.3, -0.25) is 4.79 Å². The van der Waals surface area contributed by atoms with Crippen molar-refractivity contribution in [3.8, 4) is 0 Å². The van der Waals surface area contributed by atoms with Gasteiger partial charge in [-0.1, -0.05) is 18.5 Å². The number of carbonyl (C=O) groups excluding carboxylic acids is 1. The first-order chi connectivity index (χ1) is 7.44. The predicted molar refractivity (Wildman–Crippen MR) is 62.5 cm³/mol. The molecule has 1 aromatic rings. The van der Waals surface area contributed by atoms with E-state index in [0.717, 1.165) is 0 Å². The summed E-state index contributed by atoms with van der Waals surface area (Å²) in [4.78, 5) is 15.4. The minimum Gasteiger partial charge on any atom is -0.388 e. The van der Waals surface area contributed by atoms with Crippen LogP contribution >= 0.6 is 11.6 Å². The van der Waals surface area contributed by atoms with Crippen molar-refractivity contribution in [3.63, 3.8) is 0 Å². The van der Waals surface area contributed by atoms with Gasteiger partial charge >= 0.3 is 0 Å². The van der Waals surface area contributed by atoms with Gasteiger partial charge in [-0.2, -0.15) is 0 Å². The fraction of sp³-hybridized carbons (Fsp3) is 0.455. The Balaban J connectivity index is 2.56. The van der Waals surface area contributed by atoms with Gasteiger partial charge in [-0.25, -0.2) is 4.98 Å².